The molecule has 1 fully saturated rings. The third-order valence-electron chi connectivity index (χ3n) is 7.07. The fourth-order valence-corrected chi connectivity index (χ4v) is 7.27. The van der Waals surface area contributed by atoms with Crippen LogP contribution < -0.4 is 14.4 Å². The average molecular weight is 632 g/mol. The van der Waals surface area contributed by atoms with Crippen molar-refractivity contribution in [2.75, 3.05) is 11.5 Å². The first kappa shape index (κ1) is 29.0. The highest BCUT2D eigenvalue weighted by molar-refractivity contribution is 8.00. The van der Waals surface area contributed by atoms with Gasteiger partial charge in [-0.25, -0.2) is 0 Å². The van der Waals surface area contributed by atoms with E-state index in [1.54, 1.807) is 48.5 Å². The van der Waals surface area contributed by atoms with Gasteiger partial charge in [-0.05, 0) is 60.0 Å². The number of hydrogen-bond acceptors (Lipinski definition) is 9. The summed E-state index contributed by atoms with van der Waals surface area (Å²) in [5.74, 6) is -0.0709. The second-order valence-electron chi connectivity index (χ2n) is 10.0. The van der Waals surface area contributed by atoms with Crippen molar-refractivity contribution in [2.24, 2.45) is 0 Å². The summed E-state index contributed by atoms with van der Waals surface area (Å²) in [6.45, 7) is 5.94. The Morgan fingerprint density at radius 1 is 1.19 bits per heavy atom. The number of rotatable bonds is 9. The number of amides is 1. The van der Waals surface area contributed by atoms with Crippen LogP contribution in [0.1, 0.15) is 35.2 Å². The maximum Gasteiger partial charge on any atom is 0.301 e. The lowest BCUT2D eigenvalue weighted by atomic mass is 9.94. The summed E-state index contributed by atoms with van der Waals surface area (Å²) in [4.78, 5) is 28.6. The number of hydrogen-bond donors (Lipinski definition) is 1. The Hall–Kier alpha value is -4.12. The summed E-state index contributed by atoms with van der Waals surface area (Å²) in [6.07, 6.45) is 2.31. The number of aliphatic hydroxyl groups is 1. The van der Waals surface area contributed by atoms with E-state index in [9.17, 15) is 14.7 Å². The van der Waals surface area contributed by atoms with Crippen molar-refractivity contribution in [2.45, 2.75) is 35.6 Å². The molecule has 0 aliphatic carbocycles. The van der Waals surface area contributed by atoms with Crippen LogP contribution in [0.15, 0.2) is 89.3 Å². The van der Waals surface area contributed by atoms with Gasteiger partial charge in [0.1, 0.15) is 30.0 Å². The minimum absolute atomic E-state index is 0.0127. The van der Waals surface area contributed by atoms with Gasteiger partial charge < -0.3 is 14.6 Å². The van der Waals surface area contributed by atoms with E-state index in [4.69, 9.17) is 21.1 Å². The van der Waals surface area contributed by atoms with Gasteiger partial charge in [0.2, 0.25) is 5.13 Å². The lowest BCUT2D eigenvalue weighted by molar-refractivity contribution is -0.132. The van der Waals surface area contributed by atoms with E-state index < -0.39 is 17.7 Å². The number of ether oxygens (including phenoxy) is 2. The molecule has 43 heavy (non-hydrogen) atoms. The van der Waals surface area contributed by atoms with E-state index in [0.29, 0.717) is 38.4 Å². The van der Waals surface area contributed by atoms with Crippen LogP contribution in [-0.4, -0.2) is 39.7 Å². The number of Topliss-reactive ketones (excluding diaryl/α,β-unsaturated/α-hetero) is 1. The number of ketones is 1. The minimum Gasteiger partial charge on any atom is -0.507 e. The molecule has 0 bridgehead atoms. The van der Waals surface area contributed by atoms with E-state index in [-0.39, 0.29) is 29.2 Å². The van der Waals surface area contributed by atoms with Crippen LogP contribution in [0.3, 0.4) is 0 Å². The van der Waals surface area contributed by atoms with Crippen LogP contribution in [0, 0.1) is 0 Å². The highest BCUT2D eigenvalue weighted by atomic mass is 35.5. The summed E-state index contributed by atoms with van der Waals surface area (Å²) >= 11 is 8.93. The fourth-order valence-electron chi connectivity index (χ4n) is 5.11. The summed E-state index contributed by atoms with van der Waals surface area (Å²) in [7, 11) is 0. The first-order valence-electron chi connectivity index (χ1n) is 13.5. The average Bonchev–Trinajstić information content (AvgIpc) is 3.70. The molecule has 6 rings (SSSR count). The first-order valence-corrected chi connectivity index (χ1v) is 15.7. The van der Waals surface area contributed by atoms with Crippen molar-refractivity contribution < 1.29 is 24.2 Å². The molecular weight excluding hydrogens is 606 g/mol. The van der Waals surface area contributed by atoms with E-state index in [0.717, 1.165) is 16.9 Å². The number of aliphatic hydroxyl groups excluding tert-OH is 1. The van der Waals surface area contributed by atoms with Crippen LogP contribution in [0.2, 0.25) is 5.02 Å². The van der Waals surface area contributed by atoms with Crippen LogP contribution in [0.5, 0.6) is 11.5 Å². The van der Waals surface area contributed by atoms with Crippen molar-refractivity contribution in [3.05, 3.63) is 112 Å². The number of aromatic nitrogens is 2. The number of benzene rings is 3. The largest absolute Gasteiger partial charge is 0.507 e. The zero-order valence-electron chi connectivity index (χ0n) is 23.0. The Balaban J connectivity index is 1.40. The maximum atomic E-state index is 13.6. The van der Waals surface area contributed by atoms with E-state index in [1.165, 1.54) is 28.0 Å². The molecule has 11 heteroatoms. The quantitative estimate of drug-likeness (QED) is 0.0526. The summed E-state index contributed by atoms with van der Waals surface area (Å²) in [5.41, 5.74) is 2.81. The summed E-state index contributed by atoms with van der Waals surface area (Å²) < 4.78 is 12.1. The highest BCUT2D eigenvalue weighted by Gasteiger charge is 2.48. The van der Waals surface area contributed by atoms with Crippen molar-refractivity contribution in [1.29, 1.82) is 0 Å². The molecule has 0 saturated carbocycles. The Labute approximate surface area is 261 Å². The van der Waals surface area contributed by atoms with E-state index >= 15 is 0 Å². The van der Waals surface area contributed by atoms with Gasteiger partial charge in [-0.3, -0.25) is 14.5 Å². The number of carbonyl (C=O) groups is 2. The minimum atomic E-state index is -0.968. The molecule has 0 unspecified atom stereocenters. The number of anilines is 1. The molecule has 1 N–H and O–H groups in total. The Kier molecular flexibility index (Phi) is 8.25. The summed E-state index contributed by atoms with van der Waals surface area (Å²) in [6, 6.07) is 18.9. The lowest BCUT2D eigenvalue weighted by Gasteiger charge is -2.23. The molecule has 3 aromatic carbocycles. The second kappa shape index (κ2) is 12.2. The van der Waals surface area contributed by atoms with Gasteiger partial charge in [0.15, 0.2) is 4.34 Å². The van der Waals surface area contributed by atoms with E-state index in [1.807, 2.05) is 31.2 Å². The van der Waals surface area contributed by atoms with Gasteiger partial charge in [-0.15, -0.1) is 10.2 Å². The topological polar surface area (TPSA) is 102 Å². The van der Waals surface area contributed by atoms with Crippen LogP contribution >= 0.6 is 34.7 Å². The number of thioether (sulfide) groups is 1. The highest BCUT2D eigenvalue weighted by Crippen LogP contribution is 2.45. The van der Waals surface area contributed by atoms with Gasteiger partial charge in [0.25, 0.3) is 5.78 Å². The standard InChI is InChI=1S/C32H26ClN3O5S2/c1-3-13-40-23-9-6-8-19(16-23)27-26(28(37)20-11-12-25-22(15-20)14-18(2)41-25)29(38)30(39)36(27)31-34-35-32(43-31)42-17-21-7-4-5-10-24(21)33/h3-12,15-16,18,27,37H,1,13-14,17H2,2H3/b28-26+/t18-,27-/m1/s1. The predicted octanol–water partition coefficient (Wildman–Crippen LogP) is 7.00. The molecule has 1 aromatic heterocycles. The molecule has 2 aliphatic heterocycles. The molecule has 0 spiro atoms. The molecule has 8 nitrogen and oxygen atoms in total. The molecule has 2 atom stereocenters. The van der Waals surface area contributed by atoms with E-state index in [2.05, 4.69) is 16.8 Å². The zero-order chi connectivity index (χ0) is 30.1. The molecule has 3 heterocycles. The molecule has 2 aliphatic rings. The van der Waals surface area contributed by atoms with Crippen molar-refractivity contribution in [3.8, 4) is 11.5 Å². The monoisotopic (exact) mass is 631 g/mol. The maximum absolute atomic E-state index is 13.6. The van der Waals surface area contributed by atoms with Crippen LogP contribution in [0.25, 0.3) is 5.76 Å². The Morgan fingerprint density at radius 2 is 2.02 bits per heavy atom. The first-order chi connectivity index (χ1) is 20.8. The van der Waals surface area contributed by atoms with Gasteiger partial charge in [0, 0.05) is 22.8 Å². The van der Waals surface area contributed by atoms with Crippen LogP contribution in [-0.2, 0) is 21.8 Å². The molecule has 0 radical (unpaired) electrons. The molecular formula is C32H26ClN3O5S2. The number of carbonyl (C=O) groups excluding carboxylic acids is 2. The van der Waals surface area contributed by atoms with Gasteiger partial charge in [0.05, 0.1) is 11.6 Å². The molecule has 218 valence electrons. The van der Waals surface area contributed by atoms with Gasteiger partial charge >= 0.3 is 5.91 Å². The SMILES string of the molecule is C=CCOc1cccc([C@@H]2/C(=C(\O)c3ccc4c(c3)C[C@@H](C)O4)C(=O)C(=O)N2c2nnc(SCc3ccccc3Cl)s2)c1. The third kappa shape index (κ3) is 5.78. The van der Waals surface area contributed by atoms with Crippen LogP contribution in [0.4, 0.5) is 5.13 Å². The Morgan fingerprint density at radius 3 is 2.84 bits per heavy atom. The number of fused-ring (bicyclic) bond motifs is 1. The second-order valence-corrected chi connectivity index (χ2v) is 12.6. The predicted molar refractivity (Wildman–Crippen MR) is 168 cm³/mol. The van der Waals surface area contributed by atoms with Crippen molar-refractivity contribution in [1.82, 2.24) is 10.2 Å². The lowest BCUT2D eigenvalue weighted by Crippen LogP contribution is -2.29. The Bertz CT molecular complexity index is 1770. The molecule has 1 amide bonds. The molecule has 4 aromatic rings. The number of nitrogens with zero attached hydrogens (tertiary/aromatic N) is 3. The third-order valence-corrected chi connectivity index (χ3v) is 9.54. The van der Waals surface area contributed by atoms with Crippen molar-refractivity contribution in [3.63, 3.8) is 0 Å². The van der Waals surface area contributed by atoms with Gasteiger partial charge in [-0.2, -0.15) is 0 Å². The normalized spacial score (nSPS) is 18.9. The fraction of sp³-hybridized carbons (Fsp3) is 0.188. The summed E-state index contributed by atoms with van der Waals surface area (Å²) in [5, 5.41) is 21.1. The van der Waals surface area contributed by atoms with Gasteiger partial charge in [-0.1, -0.05) is 77.7 Å². The smallest absolute Gasteiger partial charge is 0.301 e. The zero-order valence-corrected chi connectivity index (χ0v) is 25.4. The van der Waals surface area contributed by atoms with Crippen molar-refractivity contribution >= 4 is 57.3 Å². The molecule has 1 saturated heterocycles. The number of halogens is 1.